The molecule has 40 heavy (non-hydrogen) atoms. The largest absolute Gasteiger partial charge is 0.453 e. The Morgan fingerprint density at radius 2 is 2.00 bits per heavy atom. The molecule has 0 saturated heterocycles. The van der Waals surface area contributed by atoms with Gasteiger partial charge in [-0.25, -0.2) is 18.6 Å². The van der Waals surface area contributed by atoms with Crippen molar-refractivity contribution < 1.29 is 27.9 Å². The van der Waals surface area contributed by atoms with Crippen LogP contribution in [0.15, 0.2) is 48.8 Å². The second-order valence-electron chi connectivity index (χ2n) is 9.28. The van der Waals surface area contributed by atoms with Crippen molar-refractivity contribution in [2.24, 2.45) is 13.0 Å². The molecule has 206 valence electrons. The third kappa shape index (κ3) is 5.00. The average Bonchev–Trinajstić information content (AvgIpc) is 3.55. The van der Waals surface area contributed by atoms with Crippen molar-refractivity contribution in [1.82, 2.24) is 25.1 Å². The Labute approximate surface area is 226 Å². The second kappa shape index (κ2) is 10.6. The number of hydrogen-bond acceptors (Lipinski definition) is 6. The summed E-state index contributed by atoms with van der Waals surface area (Å²) in [6.45, 7) is 1.69. The van der Waals surface area contributed by atoms with E-state index in [1.807, 2.05) is 0 Å². The van der Waals surface area contributed by atoms with Crippen molar-refractivity contribution in [3.63, 3.8) is 0 Å². The van der Waals surface area contributed by atoms with Crippen LogP contribution in [0.4, 0.5) is 25.0 Å². The van der Waals surface area contributed by atoms with E-state index in [4.69, 9.17) is 0 Å². The number of nitrogens with one attached hydrogen (secondary N) is 4. The maximum Gasteiger partial charge on any atom is 0.411 e. The van der Waals surface area contributed by atoms with E-state index in [0.29, 0.717) is 28.5 Å². The number of aromatic amines is 1. The van der Waals surface area contributed by atoms with E-state index in [-0.39, 0.29) is 23.2 Å². The molecule has 0 saturated carbocycles. The van der Waals surface area contributed by atoms with Crippen LogP contribution in [0.5, 0.6) is 0 Å². The molecule has 0 radical (unpaired) electrons. The van der Waals surface area contributed by atoms with Gasteiger partial charge in [-0.15, -0.1) is 0 Å². The smallest absolute Gasteiger partial charge is 0.411 e. The first-order valence-corrected chi connectivity index (χ1v) is 12.3. The maximum atomic E-state index is 15.2. The number of methoxy groups -OCH3 is 1. The molecule has 3 amide bonds. The Balaban J connectivity index is 1.51. The lowest BCUT2D eigenvalue weighted by molar-refractivity contribution is -0.118. The third-order valence-electron chi connectivity index (χ3n) is 6.61. The van der Waals surface area contributed by atoms with Crippen molar-refractivity contribution in [2.75, 3.05) is 17.7 Å². The first kappa shape index (κ1) is 26.5. The zero-order valence-electron chi connectivity index (χ0n) is 21.7. The van der Waals surface area contributed by atoms with Gasteiger partial charge < -0.3 is 20.4 Å². The van der Waals surface area contributed by atoms with Crippen molar-refractivity contribution >= 4 is 40.2 Å². The summed E-state index contributed by atoms with van der Waals surface area (Å²) in [6, 6.07) is 5.13. The van der Waals surface area contributed by atoms with Crippen molar-refractivity contribution in [2.45, 2.75) is 19.4 Å². The van der Waals surface area contributed by atoms with Gasteiger partial charge in [0.25, 0.3) is 5.91 Å². The number of H-pyrrole nitrogens is 1. The van der Waals surface area contributed by atoms with Gasteiger partial charge in [-0.2, -0.15) is 5.10 Å². The van der Waals surface area contributed by atoms with Gasteiger partial charge in [0.1, 0.15) is 23.0 Å². The minimum absolute atomic E-state index is 0.0189. The maximum absolute atomic E-state index is 15.2. The van der Waals surface area contributed by atoms with Gasteiger partial charge in [-0.3, -0.25) is 19.6 Å². The molecular formula is C27H25F2N7O4. The molecule has 5 rings (SSSR count). The van der Waals surface area contributed by atoms with Gasteiger partial charge >= 0.3 is 6.09 Å². The molecule has 2 bridgehead atoms. The molecule has 0 spiro atoms. The number of hydrogen-bond donors (Lipinski definition) is 4. The van der Waals surface area contributed by atoms with Crippen LogP contribution in [0.1, 0.15) is 35.6 Å². The van der Waals surface area contributed by atoms with Gasteiger partial charge in [0.2, 0.25) is 5.91 Å². The quantitative estimate of drug-likeness (QED) is 0.279. The number of nitrogens with zero attached hydrogens (tertiary/aromatic N) is 3. The molecule has 1 aliphatic rings. The number of benzene rings is 2. The van der Waals surface area contributed by atoms with E-state index in [2.05, 4.69) is 35.8 Å². The average molecular weight is 550 g/mol. The monoisotopic (exact) mass is 549 g/mol. The summed E-state index contributed by atoms with van der Waals surface area (Å²) >= 11 is 0. The number of rotatable bonds is 3. The number of halogens is 2. The molecule has 2 unspecified atom stereocenters. The summed E-state index contributed by atoms with van der Waals surface area (Å²) in [5.41, 5.74) is 1.33. The first-order chi connectivity index (χ1) is 19.2. The van der Waals surface area contributed by atoms with Crippen molar-refractivity contribution in [1.29, 1.82) is 0 Å². The molecule has 4 N–H and O–H groups in total. The summed E-state index contributed by atoms with van der Waals surface area (Å²) < 4.78 is 36.0. The van der Waals surface area contributed by atoms with Crippen LogP contribution in [-0.2, 0) is 16.6 Å². The SMILES string of the molecule is COC(=O)Nc1ccc2c(c1)NC(=O)C(C)/C=C/CC(NC(=O)c1c(F)cc3c(cnn3C)c1F)c1ncc-2[nH]1. The number of aromatic nitrogens is 4. The van der Waals surface area contributed by atoms with Gasteiger partial charge in [0, 0.05) is 24.4 Å². The van der Waals surface area contributed by atoms with Crippen LogP contribution < -0.4 is 16.0 Å². The standard InChI is InChI=1S/C27H25F2N7O4/c1-13-5-4-6-18(34-26(38)22-17(28)10-21-16(23(22)29)11-31-36(21)2)24-30-12-20(33-24)15-8-7-14(32-27(39)40-3)9-19(15)35-25(13)37/h4-5,7-13,18H,6H2,1-3H3,(H,30,33)(H,32,39)(H,34,38)(H,35,37)/b5-4+. The Bertz CT molecular complexity index is 1680. The number of amides is 3. The number of carbonyl (C=O) groups is 3. The van der Waals surface area contributed by atoms with Gasteiger partial charge in [0.15, 0.2) is 0 Å². The summed E-state index contributed by atoms with van der Waals surface area (Å²) in [6.07, 6.45) is 5.60. The summed E-state index contributed by atoms with van der Waals surface area (Å²) in [4.78, 5) is 45.3. The molecule has 2 aromatic carbocycles. The number of imidazole rings is 1. The molecule has 2 aromatic heterocycles. The minimum Gasteiger partial charge on any atom is -0.453 e. The molecule has 2 atom stereocenters. The topological polar surface area (TPSA) is 143 Å². The molecule has 4 aromatic rings. The molecule has 13 heteroatoms. The molecule has 11 nitrogen and oxygen atoms in total. The van der Waals surface area contributed by atoms with E-state index in [0.717, 1.165) is 6.07 Å². The van der Waals surface area contributed by atoms with E-state index < -0.39 is 41.2 Å². The number of anilines is 2. The lowest BCUT2D eigenvalue weighted by Crippen LogP contribution is -2.30. The zero-order valence-corrected chi connectivity index (χ0v) is 21.7. The van der Waals surface area contributed by atoms with Crippen LogP contribution in [-0.4, -0.2) is 44.8 Å². The summed E-state index contributed by atoms with van der Waals surface area (Å²) in [5.74, 6) is -3.55. The fourth-order valence-corrected chi connectivity index (χ4v) is 4.43. The van der Waals surface area contributed by atoms with Gasteiger partial charge in [0.05, 0.1) is 53.7 Å². The fourth-order valence-electron chi connectivity index (χ4n) is 4.43. The highest BCUT2D eigenvalue weighted by Gasteiger charge is 2.26. The number of aryl methyl sites for hydroxylation is 1. The fraction of sp³-hybridized carbons (Fsp3) is 0.222. The molecular weight excluding hydrogens is 524 g/mol. The predicted octanol–water partition coefficient (Wildman–Crippen LogP) is 4.43. The summed E-state index contributed by atoms with van der Waals surface area (Å²) in [5, 5.41) is 12.0. The molecule has 1 aliphatic heterocycles. The Hall–Kier alpha value is -5.07. The number of fused-ring (bicyclic) bond motifs is 5. The van der Waals surface area contributed by atoms with Crippen LogP contribution >= 0.6 is 0 Å². The second-order valence-corrected chi connectivity index (χ2v) is 9.28. The number of ether oxygens (including phenoxy) is 1. The highest BCUT2D eigenvalue weighted by molar-refractivity contribution is 6.00. The highest BCUT2D eigenvalue weighted by atomic mass is 19.1. The van der Waals surface area contributed by atoms with Crippen LogP contribution in [0.2, 0.25) is 0 Å². The Morgan fingerprint density at radius 3 is 2.77 bits per heavy atom. The molecule has 3 heterocycles. The summed E-state index contributed by atoms with van der Waals surface area (Å²) in [7, 11) is 2.78. The highest BCUT2D eigenvalue weighted by Crippen LogP contribution is 2.32. The zero-order chi connectivity index (χ0) is 28.6. The third-order valence-corrected chi connectivity index (χ3v) is 6.61. The van der Waals surface area contributed by atoms with Crippen molar-refractivity contribution in [3.05, 3.63) is 71.8 Å². The normalized spacial score (nSPS) is 17.7. The van der Waals surface area contributed by atoms with E-state index in [9.17, 15) is 18.8 Å². The van der Waals surface area contributed by atoms with Gasteiger partial charge in [-0.05, 0) is 24.6 Å². The number of carbonyl (C=O) groups excluding carboxylic acids is 3. The predicted molar refractivity (Wildman–Crippen MR) is 142 cm³/mol. The van der Waals surface area contributed by atoms with Crippen LogP contribution in [0.3, 0.4) is 0 Å². The van der Waals surface area contributed by atoms with Crippen molar-refractivity contribution in [3.8, 4) is 11.3 Å². The molecule has 0 fully saturated rings. The van der Waals surface area contributed by atoms with E-state index in [1.54, 1.807) is 44.3 Å². The lowest BCUT2D eigenvalue weighted by atomic mass is 10.0. The van der Waals surface area contributed by atoms with Gasteiger partial charge in [-0.1, -0.05) is 19.1 Å². The van der Waals surface area contributed by atoms with Crippen LogP contribution in [0.25, 0.3) is 22.2 Å². The molecule has 0 aliphatic carbocycles. The Kier molecular flexibility index (Phi) is 7.03. The van der Waals surface area contributed by atoms with E-state index in [1.165, 1.54) is 24.2 Å². The van der Waals surface area contributed by atoms with Crippen LogP contribution in [0, 0.1) is 17.6 Å². The first-order valence-electron chi connectivity index (χ1n) is 12.3. The van der Waals surface area contributed by atoms with E-state index >= 15 is 4.39 Å². The lowest BCUT2D eigenvalue weighted by Gasteiger charge is -2.18. The minimum atomic E-state index is -1.02. The Morgan fingerprint density at radius 1 is 1.20 bits per heavy atom.